The minimum absolute atomic E-state index is 0.0479. The first kappa shape index (κ1) is 92.4. The van der Waals surface area contributed by atoms with Crippen LogP contribution in [0.3, 0.4) is 0 Å². The Hall–Kier alpha value is -4.63. The Labute approximate surface area is 597 Å². The van der Waals surface area contributed by atoms with Gasteiger partial charge in [-0.3, -0.25) is 18.6 Å². The topological polar surface area (TPSA) is 134 Å². The maximum absolute atomic E-state index is 12.8. The van der Waals surface area contributed by atoms with Gasteiger partial charge in [0, 0.05) is 19.4 Å². The van der Waals surface area contributed by atoms with Crippen molar-refractivity contribution >= 4 is 19.8 Å². The highest BCUT2D eigenvalue weighted by Crippen LogP contribution is 2.43. The number of hydrogen-bond acceptors (Lipinski definition) is 8. The molecule has 9 nitrogen and oxygen atoms in total. The summed E-state index contributed by atoms with van der Waals surface area (Å²) in [4.78, 5) is 35.5. The molecule has 10 heteroatoms. The average Bonchev–Trinajstić information content (AvgIpc) is 2.17. The zero-order valence-electron chi connectivity index (χ0n) is 62.3. The van der Waals surface area contributed by atoms with Gasteiger partial charge in [-0.25, -0.2) is 4.57 Å². The predicted octanol–water partition coefficient (Wildman–Crippen LogP) is 26.9. The zero-order chi connectivity index (χ0) is 70.0. The molecule has 0 aromatic carbocycles. The molecule has 2 unspecified atom stereocenters. The van der Waals surface area contributed by atoms with E-state index in [-0.39, 0.29) is 38.6 Å². The molecule has 0 rings (SSSR count). The lowest BCUT2D eigenvalue weighted by molar-refractivity contribution is -0.161. The highest BCUT2D eigenvalue weighted by atomic mass is 31.2. The molecule has 0 radical (unpaired) electrons. The van der Waals surface area contributed by atoms with Crippen LogP contribution in [0, 0.1) is 0 Å². The van der Waals surface area contributed by atoms with Crippen LogP contribution in [0.2, 0.25) is 0 Å². The van der Waals surface area contributed by atoms with Crippen LogP contribution >= 0.6 is 7.82 Å². The molecule has 0 amide bonds. The van der Waals surface area contributed by atoms with Crippen LogP contribution < -0.4 is 5.73 Å². The van der Waals surface area contributed by atoms with Crippen LogP contribution in [0.4, 0.5) is 0 Å². The Morgan fingerprint density at radius 1 is 0.309 bits per heavy atom. The van der Waals surface area contributed by atoms with E-state index < -0.39 is 26.5 Å². The molecule has 0 fully saturated rings. The van der Waals surface area contributed by atoms with E-state index in [0.29, 0.717) is 6.42 Å². The third kappa shape index (κ3) is 80.2. The van der Waals surface area contributed by atoms with Gasteiger partial charge in [0.1, 0.15) is 6.61 Å². The molecule has 0 spiro atoms. The van der Waals surface area contributed by atoms with E-state index >= 15 is 0 Å². The van der Waals surface area contributed by atoms with Gasteiger partial charge in [-0.05, 0) is 128 Å². The van der Waals surface area contributed by atoms with Crippen molar-refractivity contribution in [1.29, 1.82) is 0 Å². The number of nitrogens with two attached hydrogens (primary N) is 1. The van der Waals surface area contributed by atoms with Crippen LogP contribution in [-0.4, -0.2) is 49.3 Å². The van der Waals surface area contributed by atoms with Crippen molar-refractivity contribution in [2.24, 2.45) is 5.73 Å². The molecule has 0 aliphatic rings. The highest BCUT2D eigenvalue weighted by Gasteiger charge is 2.26. The summed E-state index contributed by atoms with van der Waals surface area (Å²) >= 11 is 0. The van der Waals surface area contributed by atoms with Gasteiger partial charge in [0.25, 0.3) is 0 Å². The van der Waals surface area contributed by atoms with Crippen LogP contribution in [0.1, 0.15) is 335 Å². The van der Waals surface area contributed by atoms with Crippen LogP contribution in [0.5, 0.6) is 0 Å². The number of hydrogen-bond donors (Lipinski definition) is 2. The molecule has 0 aliphatic heterocycles. The zero-order valence-corrected chi connectivity index (χ0v) is 63.2. The minimum atomic E-state index is -4.41. The highest BCUT2D eigenvalue weighted by molar-refractivity contribution is 7.47. The summed E-state index contributed by atoms with van der Waals surface area (Å²) < 4.78 is 33.3. The molecule has 552 valence electrons. The van der Waals surface area contributed by atoms with Gasteiger partial charge >= 0.3 is 19.8 Å². The van der Waals surface area contributed by atoms with E-state index in [0.717, 1.165) is 128 Å². The Morgan fingerprint density at radius 2 is 0.536 bits per heavy atom. The fraction of sp³-hybridized carbons (Fsp3) is 0.655. The second kappa shape index (κ2) is 80.3. The quantitative estimate of drug-likeness (QED) is 0.0264. The molecule has 0 aromatic heterocycles. The van der Waals surface area contributed by atoms with Crippen molar-refractivity contribution in [3.05, 3.63) is 170 Å². The first-order chi connectivity index (χ1) is 47.8. The Bertz CT molecular complexity index is 2210. The smallest absolute Gasteiger partial charge is 0.462 e. The van der Waals surface area contributed by atoms with Crippen molar-refractivity contribution in [2.75, 3.05) is 26.4 Å². The SMILES string of the molecule is CC/C=C\C/C=C\C/C=C\C/C=C\C/C=C\C/C=C\C/C=C\C/C=C\CCCCCCCCCCCCCCC(=O)OC(COC(=O)CCCCCCCCCCCCCCCCCCCCCC/C=C\C/C=C\C/C=C\C/C=C\C/C=C\C/C=C\CC)COP(=O)(O)OCCN. The van der Waals surface area contributed by atoms with Gasteiger partial charge in [-0.2, -0.15) is 0 Å². The lowest BCUT2D eigenvalue weighted by Gasteiger charge is -2.19. The number of phosphoric ester groups is 1. The molecular weight excluding hydrogens is 1220 g/mol. The molecule has 3 N–H and O–H groups in total. The summed E-state index contributed by atoms with van der Waals surface area (Å²) in [7, 11) is -4.41. The van der Waals surface area contributed by atoms with Gasteiger partial charge in [-0.1, -0.05) is 364 Å². The maximum atomic E-state index is 12.8. The van der Waals surface area contributed by atoms with E-state index in [1.807, 2.05) is 0 Å². The van der Waals surface area contributed by atoms with Gasteiger partial charge in [0.05, 0.1) is 13.2 Å². The fourth-order valence-corrected chi connectivity index (χ4v) is 11.6. The summed E-state index contributed by atoms with van der Waals surface area (Å²) in [6.07, 6.45) is 119. The van der Waals surface area contributed by atoms with Gasteiger partial charge < -0.3 is 20.1 Å². The maximum Gasteiger partial charge on any atom is 0.472 e. The van der Waals surface area contributed by atoms with E-state index in [2.05, 4.69) is 184 Å². The molecule has 0 heterocycles. The average molecular weight is 1370 g/mol. The van der Waals surface area contributed by atoms with Crippen LogP contribution in [0.15, 0.2) is 170 Å². The number of rotatable bonds is 73. The van der Waals surface area contributed by atoms with Crippen molar-refractivity contribution in [1.82, 2.24) is 0 Å². The molecule has 0 saturated heterocycles. The van der Waals surface area contributed by atoms with Gasteiger partial charge in [0.2, 0.25) is 0 Å². The number of unbranched alkanes of at least 4 members (excludes halogenated alkanes) is 32. The number of carbonyl (C=O) groups excluding carboxylic acids is 2. The summed E-state index contributed by atoms with van der Waals surface area (Å²) in [6.45, 7) is 3.53. The standard InChI is InChI=1S/C87H146NO8P/c1-3-5-7-9-11-13-15-17-19-21-23-25-27-29-31-33-35-37-39-41-42-44-45-47-49-51-53-55-57-59-61-63-65-67-69-71-73-75-77-79-86(89)93-83-85(84-95-97(91,92)94-82-81-88)96-87(90)80-78-76-74-72-70-68-66-64-62-60-58-56-54-52-50-48-46-43-40-38-36-34-32-30-28-26-24-22-20-18-16-14-12-10-8-6-4-2/h5-8,11-14,17-20,23-26,29-32,35-38,43,46,50,52,85H,3-4,9-10,15-16,21-22,27-28,33-34,39-42,44-45,47-49,51,53-84,88H2,1-2H3,(H,91,92)/b7-5-,8-6-,13-11-,14-12-,19-17-,20-18-,25-23-,26-24-,31-29-,32-30-,37-35-,38-36-,46-43-,52-50-. The molecule has 0 aromatic rings. The van der Waals surface area contributed by atoms with Crippen LogP contribution in [-0.2, 0) is 32.7 Å². The lowest BCUT2D eigenvalue weighted by Crippen LogP contribution is -2.29. The first-order valence-corrected chi connectivity index (χ1v) is 41.1. The lowest BCUT2D eigenvalue weighted by atomic mass is 10.0. The third-order valence-corrected chi connectivity index (χ3v) is 17.6. The summed E-state index contributed by atoms with van der Waals surface area (Å²) in [5.74, 6) is -0.826. The first-order valence-electron chi connectivity index (χ1n) is 39.6. The van der Waals surface area contributed by atoms with Crippen LogP contribution in [0.25, 0.3) is 0 Å². The molecule has 2 atom stereocenters. The second-order valence-electron chi connectivity index (χ2n) is 25.8. The number of allylic oxidation sites excluding steroid dienone is 28. The van der Waals surface area contributed by atoms with Crippen molar-refractivity contribution in [3.63, 3.8) is 0 Å². The summed E-state index contributed by atoms with van der Waals surface area (Å²) in [6, 6.07) is 0. The van der Waals surface area contributed by atoms with Crippen molar-refractivity contribution < 1.29 is 37.6 Å². The molecular formula is C87H146NO8P. The Balaban J connectivity index is 3.86. The predicted molar refractivity (Wildman–Crippen MR) is 422 cm³/mol. The number of phosphoric acid groups is 1. The Morgan fingerprint density at radius 3 is 0.794 bits per heavy atom. The van der Waals surface area contributed by atoms with E-state index in [1.165, 1.54) is 173 Å². The fourth-order valence-electron chi connectivity index (χ4n) is 10.8. The third-order valence-electron chi connectivity index (χ3n) is 16.6. The van der Waals surface area contributed by atoms with E-state index in [1.54, 1.807) is 0 Å². The molecule has 0 saturated carbocycles. The number of ether oxygens (including phenoxy) is 2. The van der Waals surface area contributed by atoms with E-state index in [4.69, 9.17) is 24.3 Å². The second-order valence-corrected chi connectivity index (χ2v) is 27.3. The monoisotopic (exact) mass is 1360 g/mol. The van der Waals surface area contributed by atoms with Crippen molar-refractivity contribution in [2.45, 2.75) is 341 Å². The van der Waals surface area contributed by atoms with Crippen molar-refractivity contribution in [3.8, 4) is 0 Å². The normalized spacial score (nSPS) is 13.8. The molecule has 97 heavy (non-hydrogen) atoms. The summed E-state index contributed by atoms with van der Waals surface area (Å²) in [5.41, 5.74) is 5.41. The minimum Gasteiger partial charge on any atom is -0.462 e. The van der Waals surface area contributed by atoms with Gasteiger partial charge in [-0.15, -0.1) is 0 Å². The Kier molecular flexibility index (Phi) is 76.5. The molecule has 0 aliphatic carbocycles. The number of carbonyl (C=O) groups is 2. The molecule has 0 bridgehead atoms. The number of esters is 2. The largest absolute Gasteiger partial charge is 0.472 e. The van der Waals surface area contributed by atoms with Gasteiger partial charge in [0.15, 0.2) is 6.10 Å². The van der Waals surface area contributed by atoms with E-state index in [9.17, 15) is 19.0 Å². The summed E-state index contributed by atoms with van der Waals surface area (Å²) in [5, 5.41) is 0.